The molecule has 2 rings (SSSR count). The van der Waals surface area contributed by atoms with Gasteiger partial charge >= 0.3 is 12.5 Å². The van der Waals surface area contributed by atoms with Crippen molar-refractivity contribution in [1.29, 1.82) is 0 Å². The van der Waals surface area contributed by atoms with Gasteiger partial charge in [-0.15, -0.1) is 13.2 Å². The lowest BCUT2D eigenvalue weighted by molar-refractivity contribution is -0.274. The lowest BCUT2D eigenvalue weighted by Gasteiger charge is -2.10. The number of aryl methyl sites for hydroxylation is 1. The second-order valence-electron chi connectivity index (χ2n) is 5.55. The van der Waals surface area contributed by atoms with Gasteiger partial charge < -0.3 is 14.8 Å². The zero-order valence-corrected chi connectivity index (χ0v) is 14.6. The Labute approximate surface area is 157 Å². The maximum absolute atomic E-state index is 13.6. The number of rotatable bonds is 6. The molecule has 2 aromatic carbocycles. The highest BCUT2D eigenvalue weighted by Crippen LogP contribution is 2.23. The second kappa shape index (κ2) is 9.07. The van der Waals surface area contributed by atoms with Crippen molar-refractivity contribution >= 4 is 23.4 Å². The van der Waals surface area contributed by atoms with Crippen molar-refractivity contribution in [3.05, 3.63) is 53.8 Å². The van der Waals surface area contributed by atoms with Crippen molar-refractivity contribution in [2.24, 2.45) is 0 Å². The molecule has 0 unspecified atom stereocenters. The van der Waals surface area contributed by atoms with Crippen molar-refractivity contribution in [1.82, 2.24) is 0 Å². The Morgan fingerprint density at radius 1 is 1.04 bits per heavy atom. The molecule has 0 saturated heterocycles. The minimum Gasteiger partial charge on any atom is -0.453 e. The third-order valence-corrected chi connectivity index (χ3v) is 3.47. The van der Waals surface area contributed by atoms with Crippen LogP contribution in [0.25, 0.3) is 0 Å². The van der Waals surface area contributed by atoms with Gasteiger partial charge in [-0.2, -0.15) is 0 Å². The summed E-state index contributed by atoms with van der Waals surface area (Å²) >= 11 is 0. The lowest BCUT2D eigenvalue weighted by atomic mass is 10.1. The van der Waals surface area contributed by atoms with E-state index in [-0.39, 0.29) is 30.0 Å². The van der Waals surface area contributed by atoms with E-state index in [2.05, 4.69) is 20.1 Å². The molecule has 0 aromatic heterocycles. The summed E-state index contributed by atoms with van der Waals surface area (Å²) in [5.41, 5.74) is 0.730. The van der Waals surface area contributed by atoms with E-state index >= 15 is 0 Å². The average Bonchev–Trinajstić information content (AvgIpc) is 2.62. The zero-order chi connectivity index (χ0) is 20.7. The maximum Gasteiger partial charge on any atom is 0.573 e. The molecule has 0 saturated carbocycles. The smallest absolute Gasteiger partial charge is 0.453 e. The summed E-state index contributed by atoms with van der Waals surface area (Å²) < 4.78 is 58.1. The fraction of sp³-hybridized carbons (Fsp3) is 0.222. The Kier molecular flexibility index (Phi) is 6.80. The van der Waals surface area contributed by atoms with E-state index in [0.29, 0.717) is 5.56 Å². The normalized spacial score (nSPS) is 10.9. The van der Waals surface area contributed by atoms with Gasteiger partial charge in [0, 0.05) is 12.1 Å². The summed E-state index contributed by atoms with van der Waals surface area (Å²) in [7, 11) is 1.13. The highest BCUT2D eigenvalue weighted by molar-refractivity contribution is 5.92. The molecule has 28 heavy (non-hydrogen) atoms. The molecule has 0 atom stereocenters. The van der Waals surface area contributed by atoms with E-state index in [4.69, 9.17) is 0 Å². The first-order valence-corrected chi connectivity index (χ1v) is 7.95. The Bertz CT molecular complexity index is 838. The van der Waals surface area contributed by atoms with Crippen LogP contribution < -0.4 is 15.4 Å². The first-order chi connectivity index (χ1) is 13.2. The largest absolute Gasteiger partial charge is 0.573 e. The number of hydrogen-bond donors (Lipinski definition) is 2. The lowest BCUT2D eigenvalue weighted by Crippen LogP contribution is -2.17. The number of benzene rings is 2. The molecule has 10 heteroatoms. The standard InChI is InChI=1S/C18H16F4N2O4/c1-27-17(26)24-15-10-12(5-8-14(15)19)23-16(25)9-4-11-2-6-13(7-3-11)28-18(20,21)22/h2-3,5-8,10H,4,9H2,1H3,(H,23,25)(H,24,26). The zero-order valence-electron chi connectivity index (χ0n) is 14.6. The first-order valence-electron chi connectivity index (χ1n) is 7.95. The molecule has 150 valence electrons. The summed E-state index contributed by atoms with van der Waals surface area (Å²) in [4.78, 5) is 23.2. The fourth-order valence-electron chi connectivity index (χ4n) is 2.20. The molecule has 2 N–H and O–H groups in total. The van der Waals surface area contributed by atoms with Crippen LogP contribution in [0.5, 0.6) is 5.75 Å². The summed E-state index contributed by atoms with van der Waals surface area (Å²) in [5, 5.41) is 4.72. The Morgan fingerprint density at radius 3 is 2.32 bits per heavy atom. The van der Waals surface area contributed by atoms with E-state index in [9.17, 15) is 27.2 Å². The minimum absolute atomic E-state index is 0.0383. The van der Waals surface area contributed by atoms with Gasteiger partial charge in [-0.1, -0.05) is 12.1 Å². The van der Waals surface area contributed by atoms with Crippen molar-refractivity contribution in [3.8, 4) is 5.75 Å². The van der Waals surface area contributed by atoms with Gasteiger partial charge in [-0.05, 0) is 42.3 Å². The predicted octanol–water partition coefficient (Wildman–Crippen LogP) is 4.47. The highest BCUT2D eigenvalue weighted by atomic mass is 19.4. The third-order valence-electron chi connectivity index (χ3n) is 3.47. The second-order valence-corrected chi connectivity index (χ2v) is 5.55. The Morgan fingerprint density at radius 2 is 1.71 bits per heavy atom. The van der Waals surface area contributed by atoms with Gasteiger partial charge in [-0.3, -0.25) is 10.1 Å². The van der Waals surface area contributed by atoms with Crippen LogP contribution in [0.15, 0.2) is 42.5 Å². The number of methoxy groups -OCH3 is 1. The SMILES string of the molecule is COC(=O)Nc1cc(NC(=O)CCc2ccc(OC(F)(F)F)cc2)ccc1F. The van der Waals surface area contributed by atoms with Gasteiger partial charge in [-0.25, -0.2) is 9.18 Å². The minimum atomic E-state index is -4.77. The maximum atomic E-state index is 13.6. The van der Waals surface area contributed by atoms with Crippen molar-refractivity contribution in [3.63, 3.8) is 0 Å². The van der Waals surface area contributed by atoms with Gasteiger partial charge in [0.1, 0.15) is 11.6 Å². The van der Waals surface area contributed by atoms with Crippen LogP contribution in [-0.2, 0) is 16.0 Å². The number of carbonyl (C=O) groups excluding carboxylic acids is 2. The van der Waals surface area contributed by atoms with Crippen LogP contribution in [0.3, 0.4) is 0 Å². The number of carbonyl (C=O) groups is 2. The number of hydrogen-bond acceptors (Lipinski definition) is 4. The van der Waals surface area contributed by atoms with Gasteiger partial charge in [0.15, 0.2) is 0 Å². The third kappa shape index (κ3) is 6.78. The molecular formula is C18H16F4N2O4. The monoisotopic (exact) mass is 400 g/mol. The Balaban J connectivity index is 1.90. The Hall–Kier alpha value is -3.30. The van der Waals surface area contributed by atoms with Gasteiger partial charge in [0.25, 0.3) is 0 Å². The van der Waals surface area contributed by atoms with Gasteiger partial charge in [0.05, 0.1) is 12.8 Å². The van der Waals surface area contributed by atoms with E-state index in [1.807, 2.05) is 0 Å². The van der Waals surface area contributed by atoms with E-state index in [1.165, 1.54) is 24.3 Å². The summed E-state index contributed by atoms with van der Waals surface area (Å²) in [6, 6.07) is 8.78. The van der Waals surface area contributed by atoms with Crippen LogP contribution in [0.1, 0.15) is 12.0 Å². The predicted molar refractivity (Wildman–Crippen MR) is 92.5 cm³/mol. The molecule has 0 heterocycles. The molecule has 0 bridgehead atoms. The first kappa shape index (κ1) is 21.0. The van der Waals surface area contributed by atoms with Crippen molar-refractivity contribution in [2.75, 3.05) is 17.7 Å². The number of halogens is 4. The molecule has 0 aliphatic heterocycles. The van der Waals surface area contributed by atoms with Crippen molar-refractivity contribution < 1.29 is 36.6 Å². The number of anilines is 2. The molecule has 0 fully saturated rings. The van der Waals surface area contributed by atoms with Crippen LogP contribution in [0, 0.1) is 5.82 Å². The van der Waals surface area contributed by atoms with Crippen LogP contribution in [-0.4, -0.2) is 25.5 Å². The van der Waals surface area contributed by atoms with Crippen LogP contribution >= 0.6 is 0 Å². The summed E-state index contributed by atoms with van der Waals surface area (Å²) in [5.74, 6) is -1.45. The highest BCUT2D eigenvalue weighted by Gasteiger charge is 2.30. The number of amides is 2. The molecule has 0 aliphatic carbocycles. The molecule has 0 radical (unpaired) electrons. The quantitative estimate of drug-likeness (QED) is 0.702. The summed E-state index contributed by atoms with van der Waals surface area (Å²) in [6.45, 7) is 0. The van der Waals surface area contributed by atoms with E-state index in [0.717, 1.165) is 25.3 Å². The van der Waals surface area contributed by atoms with E-state index in [1.54, 1.807) is 0 Å². The average molecular weight is 400 g/mol. The number of nitrogens with one attached hydrogen (secondary N) is 2. The van der Waals surface area contributed by atoms with Crippen LogP contribution in [0.4, 0.5) is 33.7 Å². The summed E-state index contributed by atoms with van der Waals surface area (Å²) in [6.07, 6.45) is -5.32. The topological polar surface area (TPSA) is 76.7 Å². The molecular weight excluding hydrogens is 384 g/mol. The van der Waals surface area contributed by atoms with Crippen molar-refractivity contribution in [2.45, 2.75) is 19.2 Å². The molecule has 2 amide bonds. The molecule has 2 aromatic rings. The van der Waals surface area contributed by atoms with E-state index < -0.39 is 24.2 Å². The van der Waals surface area contributed by atoms with Gasteiger partial charge in [0.2, 0.25) is 5.91 Å². The molecule has 0 spiro atoms. The number of alkyl halides is 3. The molecule has 6 nitrogen and oxygen atoms in total. The fourth-order valence-corrected chi connectivity index (χ4v) is 2.20. The number of ether oxygens (including phenoxy) is 2. The van der Waals surface area contributed by atoms with Crippen LogP contribution in [0.2, 0.25) is 0 Å². The molecule has 0 aliphatic rings.